The highest BCUT2D eigenvalue weighted by Gasteiger charge is 2.24. The second-order valence-electron chi connectivity index (χ2n) is 4.07. The molecule has 0 aliphatic heterocycles. The molecule has 1 atom stereocenters. The molecule has 0 saturated carbocycles. The zero-order valence-electron chi connectivity index (χ0n) is 9.42. The summed E-state index contributed by atoms with van der Waals surface area (Å²) in [5.74, 6) is 0. The van der Waals surface area contributed by atoms with E-state index < -0.39 is 5.60 Å². The summed E-state index contributed by atoms with van der Waals surface area (Å²) in [6.45, 7) is 1.76. The predicted octanol–water partition coefficient (Wildman–Crippen LogP) is 2.46. The lowest BCUT2D eigenvalue weighted by Gasteiger charge is -2.22. The minimum Gasteiger partial charge on any atom is -0.385 e. The Labute approximate surface area is 104 Å². The second kappa shape index (κ2) is 4.66. The Kier molecular flexibility index (Phi) is 3.23. The SMILES string of the molecule is CC(O)(Cc1nccs1)c1ccc(C#N)cc1. The van der Waals surface area contributed by atoms with E-state index in [2.05, 4.69) is 11.1 Å². The van der Waals surface area contributed by atoms with Crippen molar-refractivity contribution >= 4 is 11.3 Å². The van der Waals surface area contributed by atoms with Crippen LogP contribution < -0.4 is 0 Å². The van der Waals surface area contributed by atoms with Gasteiger partial charge >= 0.3 is 0 Å². The summed E-state index contributed by atoms with van der Waals surface area (Å²) in [6, 6.07) is 9.05. The lowest BCUT2D eigenvalue weighted by Crippen LogP contribution is -2.24. The quantitative estimate of drug-likeness (QED) is 0.902. The van der Waals surface area contributed by atoms with E-state index in [1.54, 1.807) is 37.4 Å². The van der Waals surface area contributed by atoms with Crippen molar-refractivity contribution in [2.75, 3.05) is 0 Å². The third-order valence-corrected chi connectivity index (χ3v) is 3.39. The summed E-state index contributed by atoms with van der Waals surface area (Å²) in [4.78, 5) is 4.17. The molecule has 86 valence electrons. The zero-order valence-corrected chi connectivity index (χ0v) is 10.2. The molecule has 0 amide bonds. The molecule has 3 nitrogen and oxygen atoms in total. The van der Waals surface area contributed by atoms with Gasteiger partial charge < -0.3 is 5.11 Å². The molecule has 0 radical (unpaired) electrons. The van der Waals surface area contributed by atoms with Crippen molar-refractivity contribution in [3.63, 3.8) is 0 Å². The van der Waals surface area contributed by atoms with Crippen molar-refractivity contribution in [3.05, 3.63) is 52.0 Å². The van der Waals surface area contributed by atoms with Crippen LogP contribution in [0.3, 0.4) is 0 Å². The smallest absolute Gasteiger partial charge is 0.0991 e. The number of rotatable bonds is 3. The van der Waals surface area contributed by atoms with Gasteiger partial charge in [-0.05, 0) is 24.6 Å². The van der Waals surface area contributed by atoms with Crippen LogP contribution in [0.1, 0.15) is 23.1 Å². The summed E-state index contributed by atoms with van der Waals surface area (Å²) in [6.07, 6.45) is 2.21. The summed E-state index contributed by atoms with van der Waals surface area (Å²) in [5, 5.41) is 21.9. The van der Waals surface area contributed by atoms with Crippen molar-refractivity contribution < 1.29 is 5.11 Å². The molecule has 0 spiro atoms. The summed E-state index contributed by atoms with van der Waals surface area (Å²) >= 11 is 1.53. The molecular weight excluding hydrogens is 232 g/mol. The fourth-order valence-corrected chi connectivity index (χ4v) is 2.41. The molecule has 17 heavy (non-hydrogen) atoms. The van der Waals surface area contributed by atoms with Crippen LogP contribution in [-0.2, 0) is 12.0 Å². The van der Waals surface area contributed by atoms with Gasteiger partial charge in [-0.1, -0.05) is 12.1 Å². The maximum Gasteiger partial charge on any atom is 0.0991 e. The molecule has 1 N–H and O–H groups in total. The lowest BCUT2D eigenvalue weighted by atomic mass is 9.92. The largest absolute Gasteiger partial charge is 0.385 e. The predicted molar refractivity (Wildman–Crippen MR) is 66.5 cm³/mol. The summed E-state index contributed by atoms with van der Waals surface area (Å²) in [7, 11) is 0. The van der Waals surface area contributed by atoms with Crippen LogP contribution in [0.2, 0.25) is 0 Å². The summed E-state index contributed by atoms with van der Waals surface area (Å²) in [5.41, 5.74) is 0.441. The molecule has 1 aromatic heterocycles. The highest BCUT2D eigenvalue weighted by molar-refractivity contribution is 7.09. The Morgan fingerprint density at radius 1 is 1.41 bits per heavy atom. The van der Waals surface area contributed by atoms with Gasteiger partial charge in [-0.15, -0.1) is 11.3 Å². The van der Waals surface area contributed by atoms with E-state index in [1.165, 1.54) is 11.3 Å². The number of aromatic nitrogens is 1. The van der Waals surface area contributed by atoms with Crippen molar-refractivity contribution in [2.45, 2.75) is 18.9 Å². The number of aliphatic hydroxyl groups is 1. The molecule has 0 saturated heterocycles. The maximum absolute atomic E-state index is 10.4. The van der Waals surface area contributed by atoms with E-state index in [-0.39, 0.29) is 0 Å². The second-order valence-corrected chi connectivity index (χ2v) is 5.04. The van der Waals surface area contributed by atoms with Gasteiger partial charge in [-0.25, -0.2) is 4.98 Å². The topological polar surface area (TPSA) is 56.9 Å². The number of benzene rings is 1. The molecular formula is C13H12N2OS. The molecule has 1 unspecified atom stereocenters. The van der Waals surface area contributed by atoms with Crippen LogP contribution in [-0.4, -0.2) is 10.1 Å². The van der Waals surface area contributed by atoms with Crippen LogP contribution in [0.4, 0.5) is 0 Å². The fraction of sp³-hybridized carbons (Fsp3) is 0.231. The molecule has 0 aliphatic carbocycles. The first kappa shape index (κ1) is 11.8. The molecule has 1 heterocycles. The van der Waals surface area contributed by atoms with Crippen molar-refractivity contribution in [1.29, 1.82) is 5.26 Å². The first-order valence-electron chi connectivity index (χ1n) is 5.23. The number of nitriles is 1. The summed E-state index contributed by atoms with van der Waals surface area (Å²) < 4.78 is 0. The van der Waals surface area contributed by atoms with Crippen molar-refractivity contribution in [3.8, 4) is 6.07 Å². The van der Waals surface area contributed by atoms with Gasteiger partial charge in [0.25, 0.3) is 0 Å². The van der Waals surface area contributed by atoms with Crippen LogP contribution >= 0.6 is 11.3 Å². The van der Waals surface area contributed by atoms with Crippen molar-refractivity contribution in [2.24, 2.45) is 0 Å². The van der Waals surface area contributed by atoms with Crippen LogP contribution in [0.15, 0.2) is 35.8 Å². The zero-order chi connectivity index (χ0) is 12.3. The Balaban J connectivity index is 2.22. The van der Waals surface area contributed by atoms with Gasteiger partial charge in [0.15, 0.2) is 0 Å². The Morgan fingerprint density at radius 2 is 2.12 bits per heavy atom. The number of thiazole rings is 1. The van der Waals surface area contributed by atoms with Crippen LogP contribution in [0.25, 0.3) is 0 Å². The normalized spacial score (nSPS) is 13.9. The highest BCUT2D eigenvalue weighted by atomic mass is 32.1. The number of nitrogens with zero attached hydrogens (tertiary/aromatic N) is 2. The maximum atomic E-state index is 10.4. The van der Waals surface area contributed by atoms with E-state index in [9.17, 15) is 5.11 Å². The average molecular weight is 244 g/mol. The van der Waals surface area contributed by atoms with Gasteiger partial charge in [-0.2, -0.15) is 5.26 Å². The minimum absolute atomic E-state index is 0.483. The minimum atomic E-state index is -0.953. The van der Waals surface area contributed by atoms with E-state index >= 15 is 0 Å². The van der Waals surface area contributed by atoms with Gasteiger partial charge in [-0.3, -0.25) is 0 Å². The third kappa shape index (κ3) is 2.70. The monoisotopic (exact) mass is 244 g/mol. The first-order chi connectivity index (χ1) is 8.12. The van der Waals surface area contributed by atoms with E-state index in [0.29, 0.717) is 12.0 Å². The van der Waals surface area contributed by atoms with Gasteiger partial charge in [0.1, 0.15) is 0 Å². The van der Waals surface area contributed by atoms with E-state index in [4.69, 9.17) is 5.26 Å². The van der Waals surface area contributed by atoms with Gasteiger partial charge in [0.05, 0.1) is 22.2 Å². The Hall–Kier alpha value is -1.70. The Bertz CT molecular complexity index is 524. The van der Waals surface area contributed by atoms with Crippen molar-refractivity contribution in [1.82, 2.24) is 4.98 Å². The van der Waals surface area contributed by atoms with E-state index in [1.807, 2.05) is 5.38 Å². The van der Waals surface area contributed by atoms with Gasteiger partial charge in [0.2, 0.25) is 0 Å². The molecule has 0 aliphatic rings. The number of hydrogen-bond acceptors (Lipinski definition) is 4. The fourth-order valence-electron chi connectivity index (χ4n) is 1.64. The van der Waals surface area contributed by atoms with E-state index in [0.717, 1.165) is 10.6 Å². The first-order valence-corrected chi connectivity index (χ1v) is 6.11. The van der Waals surface area contributed by atoms with Crippen LogP contribution in [0.5, 0.6) is 0 Å². The molecule has 2 aromatic rings. The Morgan fingerprint density at radius 3 is 2.65 bits per heavy atom. The molecule has 0 bridgehead atoms. The molecule has 4 heteroatoms. The van der Waals surface area contributed by atoms with Crippen LogP contribution in [0, 0.1) is 11.3 Å². The highest BCUT2D eigenvalue weighted by Crippen LogP contribution is 2.26. The molecule has 1 aromatic carbocycles. The average Bonchev–Trinajstić information content (AvgIpc) is 2.81. The number of hydrogen-bond donors (Lipinski definition) is 1. The lowest BCUT2D eigenvalue weighted by molar-refractivity contribution is 0.0575. The molecule has 0 fully saturated rings. The third-order valence-electron chi connectivity index (χ3n) is 2.61. The van der Waals surface area contributed by atoms with Gasteiger partial charge in [0, 0.05) is 18.0 Å². The standard InChI is InChI=1S/C13H12N2OS/c1-13(16,8-12-15-6-7-17-12)11-4-2-10(9-14)3-5-11/h2-7,16H,8H2,1H3. The molecule has 2 rings (SSSR count).